The van der Waals surface area contributed by atoms with Crippen LogP contribution in [0, 0.1) is 0 Å². The van der Waals surface area contributed by atoms with Crippen molar-refractivity contribution in [2.24, 2.45) is 5.73 Å². The van der Waals surface area contributed by atoms with Crippen LogP contribution in [0.3, 0.4) is 0 Å². The minimum absolute atomic E-state index is 0.112. The maximum Gasteiger partial charge on any atom is 0.242 e. The monoisotopic (exact) mass is 468 g/mol. The van der Waals surface area contributed by atoms with E-state index < -0.39 is 12.1 Å². The number of hydrogen-bond donors (Lipinski definition) is 4. The third kappa shape index (κ3) is 10.5. The maximum absolute atomic E-state index is 12.9. The molecule has 2 rings (SSSR count). The van der Waals surface area contributed by atoms with Gasteiger partial charge in [-0.3, -0.25) is 9.59 Å². The van der Waals surface area contributed by atoms with Crippen LogP contribution in [0.4, 0.5) is 0 Å². The van der Waals surface area contributed by atoms with Gasteiger partial charge in [-0.05, 0) is 23.1 Å². The van der Waals surface area contributed by atoms with Crippen molar-refractivity contribution in [1.82, 2.24) is 16.0 Å². The molecule has 0 fully saturated rings. The Hall–Kier alpha value is -2.70. The largest absolute Gasteiger partial charge is 0.354 e. The summed E-state index contributed by atoms with van der Waals surface area (Å²) in [6, 6.07) is 17.2. The van der Waals surface area contributed by atoms with Gasteiger partial charge in [0.25, 0.3) is 0 Å². The molecule has 0 saturated heterocycles. The molecule has 0 aliphatic rings. The second-order valence-electron chi connectivity index (χ2n) is 8.44. The maximum atomic E-state index is 12.9. The van der Waals surface area contributed by atoms with Crippen LogP contribution in [0.1, 0.15) is 59.4 Å². The first-order valence-corrected chi connectivity index (χ1v) is 12.6. The number of nitrogens with two attached hydrogens (primary N) is 1. The van der Waals surface area contributed by atoms with E-state index in [1.54, 1.807) is 0 Å². The summed E-state index contributed by atoms with van der Waals surface area (Å²) in [5.41, 5.74) is 9.03. The van der Waals surface area contributed by atoms with Gasteiger partial charge in [0.15, 0.2) is 0 Å². The van der Waals surface area contributed by atoms with E-state index in [0.717, 1.165) is 36.0 Å². The number of amides is 2. The van der Waals surface area contributed by atoms with E-state index in [2.05, 4.69) is 35.0 Å². The fourth-order valence-corrected chi connectivity index (χ4v) is 3.54. The number of rotatable bonds is 13. The Bertz CT molecular complexity index is 822. The molecule has 0 spiro atoms. The van der Waals surface area contributed by atoms with Gasteiger partial charge in [0.1, 0.15) is 6.04 Å². The summed E-state index contributed by atoms with van der Waals surface area (Å²) >= 11 is 0. The van der Waals surface area contributed by atoms with Crippen LogP contribution in [-0.2, 0) is 16.0 Å². The molecule has 6 heteroatoms. The predicted octanol–water partition coefficient (Wildman–Crippen LogP) is 4.04. The first-order valence-electron chi connectivity index (χ1n) is 12.6. The number of benzene rings is 2. The van der Waals surface area contributed by atoms with Crippen LogP contribution in [0.2, 0.25) is 0 Å². The van der Waals surface area contributed by atoms with Gasteiger partial charge in [-0.25, -0.2) is 0 Å². The van der Waals surface area contributed by atoms with Crippen LogP contribution in [-0.4, -0.2) is 43.0 Å². The fourth-order valence-electron chi connectivity index (χ4n) is 3.54. The zero-order valence-electron chi connectivity index (χ0n) is 21.6. The van der Waals surface area contributed by atoms with Crippen molar-refractivity contribution in [2.75, 3.05) is 13.1 Å². The first kappa shape index (κ1) is 29.3. The molecule has 0 saturated carbocycles. The molecule has 2 aromatic carbocycles. The Morgan fingerprint density at radius 3 is 2.03 bits per heavy atom. The highest BCUT2D eigenvalue weighted by atomic mass is 16.2. The lowest BCUT2D eigenvalue weighted by Crippen LogP contribution is -2.56. The van der Waals surface area contributed by atoms with Gasteiger partial charge in [0.05, 0.1) is 6.04 Å². The van der Waals surface area contributed by atoms with E-state index in [-0.39, 0.29) is 24.4 Å². The fraction of sp³-hybridized carbons (Fsp3) is 0.500. The van der Waals surface area contributed by atoms with Crippen LogP contribution in [0.15, 0.2) is 54.6 Å². The molecule has 0 bridgehead atoms. The number of carbonyl (C=O) groups excluding carboxylic acids is 2. The van der Waals surface area contributed by atoms with Crippen LogP contribution < -0.4 is 21.7 Å². The van der Waals surface area contributed by atoms with Gasteiger partial charge in [-0.15, -0.1) is 0 Å². The molecule has 188 valence electrons. The molecule has 34 heavy (non-hydrogen) atoms. The van der Waals surface area contributed by atoms with Gasteiger partial charge in [0, 0.05) is 25.6 Å². The third-order valence-electron chi connectivity index (χ3n) is 5.30. The summed E-state index contributed by atoms with van der Waals surface area (Å²) in [4.78, 5) is 25.7. The van der Waals surface area contributed by atoms with Gasteiger partial charge >= 0.3 is 0 Å². The lowest BCUT2D eigenvalue weighted by Gasteiger charge is -2.24. The summed E-state index contributed by atoms with van der Waals surface area (Å²) in [6.45, 7) is 10.8. The van der Waals surface area contributed by atoms with E-state index in [1.165, 1.54) is 0 Å². The minimum atomic E-state index is -0.658. The molecular formula is C28H44N4O2. The summed E-state index contributed by atoms with van der Waals surface area (Å²) in [7, 11) is 0. The molecule has 2 atom stereocenters. The van der Waals surface area contributed by atoms with E-state index in [9.17, 15) is 9.59 Å². The molecule has 6 nitrogen and oxygen atoms in total. The van der Waals surface area contributed by atoms with Crippen molar-refractivity contribution in [3.8, 4) is 11.1 Å². The van der Waals surface area contributed by atoms with Gasteiger partial charge < -0.3 is 21.7 Å². The highest BCUT2D eigenvalue weighted by Gasteiger charge is 2.25. The number of carbonyl (C=O) groups is 2. The summed E-state index contributed by atoms with van der Waals surface area (Å²) in [5.74, 6) is -0.419. The lowest BCUT2D eigenvalue weighted by molar-refractivity contribution is -0.130. The van der Waals surface area contributed by atoms with E-state index >= 15 is 0 Å². The molecule has 0 aliphatic heterocycles. The van der Waals surface area contributed by atoms with Crippen molar-refractivity contribution in [3.05, 3.63) is 60.2 Å². The molecule has 0 aliphatic carbocycles. The Morgan fingerprint density at radius 1 is 0.853 bits per heavy atom. The number of unbranched alkanes of at least 4 members (excludes halogenated alkanes) is 2. The SMILES string of the molecule is CC.CCCCCNC(=O)[C@@H](Cc1ccc(-c2ccccc2)cc1)NC(=O)C(CN)NC(C)C. The van der Waals surface area contributed by atoms with Crippen molar-refractivity contribution >= 4 is 11.8 Å². The molecule has 0 heterocycles. The normalized spacial score (nSPS) is 12.3. The standard InChI is InChI=1S/C26H38N4O2.C2H6/c1-4-5-9-16-28-25(31)23(30-26(32)24(18-27)29-19(2)3)17-20-12-14-22(15-13-20)21-10-7-6-8-11-21;1-2/h6-8,10-15,19,23-24,29H,4-5,9,16-18,27H2,1-3H3,(H,28,31)(H,30,32);1-2H3/t23-,24?;/m1./s1. The molecule has 0 radical (unpaired) electrons. The molecular weight excluding hydrogens is 424 g/mol. The van der Waals surface area contributed by atoms with Crippen molar-refractivity contribution in [2.45, 2.75) is 78.4 Å². The zero-order chi connectivity index (χ0) is 25.3. The lowest BCUT2D eigenvalue weighted by atomic mass is 10.00. The quantitative estimate of drug-likeness (QED) is 0.334. The van der Waals surface area contributed by atoms with Crippen LogP contribution >= 0.6 is 0 Å². The van der Waals surface area contributed by atoms with Crippen LogP contribution in [0.5, 0.6) is 0 Å². The summed E-state index contributed by atoms with van der Waals surface area (Å²) < 4.78 is 0. The second-order valence-corrected chi connectivity index (χ2v) is 8.44. The van der Waals surface area contributed by atoms with Crippen molar-refractivity contribution in [3.63, 3.8) is 0 Å². The summed E-state index contributed by atoms with van der Waals surface area (Å²) in [6.07, 6.45) is 3.49. The number of nitrogens with one attached hydrogen (secondary N) is 3. The molecule has 1 unspecified atom stereocenters. The van der Waals surface area contributed by atoms with Crippen LogP contribution in [0.25, 0.3) is 11.1 Å². The Balaban J connectivity index is 0.00000281. The zero-order valence-corrected chi connectivity index (χ0v) is 21.6. The highest BCUT2D eigenvalue weighted by Crippen LogP contribution is 2.19. The molecule has 2 amide bonds. The van der Waals surface area contributed by atoms with Gasteiger partial charge in [0.2, 0.25) is 11.8 Å². The third-order valence-corrected chi connectivity index (χ3v) is 5.30. The predicted molar refractivity (Wildman–Crippen MR) is 143 cm³/mol. The Labute approximate surface area is 206 Å². The van der Waals surface area contributed by atoms with Gasteiger partial charge in [-0.2, -0.15) is 0 Å². The average Bonchev–Trinajstić information content (AvgIpc) is 2.86. The topological polar surface area (TPSA) is 96.2 Å². The second kappa shape index (κ2) is 16.8. The Kier molecular flexibility index (Phi) is 14.5. The van der Waals surface area contributed by atoms with E-state index in [0.29, 0.717) is 13.0 Å². The highest BCUT2D eigenvalue weighted by molar-refractivity contribution is 5.90. The Morgan fingerprint density at radius 2 is 1.47 bits per heavy atom. The number of hydrogen-bond acceptors (Lipinski definition) is 4. The molecule has 2 aromatic rings. The first-order chi connectivity index (χ1) is 16.4. The smallest absolute Gasteiger partial charge is 0.242 e. The van der Waals surface area contributed by atoms with Crippen molar-refractivity contribution < 1.29 is 9.59 Å². The molecule has 0 aromatic heterocycles. The molecule has 5 N–H and O–H groups in total. The average molecular weight is 469 g/mol. The minimum Gasteiger partial charge on any atom is -0.354 e. The summed E-state index contributed by atoms with van der Waals surface area (Å²) in [5, 5.41) is 9.04. The van der Waals surface area contributed by atoms with Crippen molar-refractivity contribution in [1.29, 1.82) is 0 Å². The van der Waals surface area contributed by atoms with E-state index in [1.807, 2.05) is 70.2 Å². The van der Waals surface area contributed by atoms with E-state index in [4.69, 9.17) is 5.73 Å². The van der Waals surface area contributed by atoms with Gasteiger partial charge in [-0.1, -0.05) is 102 Å².